The van der Waals surface area contributed by atoms with E-state index in [4.69, 9.17) is 4.74 Å². The largest absolute Gasteiger partial charge is 0.387 e. The van der Waals surface area contributed by atoms with Gasteiger partial charge in [0.25, 0.3) is 0 Å². The summed E-state index contributed by atoms with van der Waals surface area (Å²) in [6.45, 7) is 1.53. The van der Waals surface area contributed by atoms with Crippen LogP contribution in [0.5, 0.6) is 0 Å². The first-order chi connectivity index (χ1) is 6.79. The second-order valence-corrected chi connectivity index (χ2v) is 3.82. The Bertz CT molecular complexity index is 292. The van der Waals surface area contributed by atoms with E-state index in [1.165, 1.54) is 0 Å². The molecule has 0 spiro atoms. The van der Waals surface area contributed by atoms with Crippen LogP contribution in [0.3, 0.4) is 0 Å². The maximum Gasteiger partial charge on any atom is 0.0985 e. The molecule has 1 saturated heterocycles. The summed E-state index contributed by atoms with van der Waals surface area (Å²) in [5, 5.41) is 10.1. The number of aliphatic hydroxyl groups excluding tert-OH is 1. The number of rotatable bonds is 2. The van der Waals surface area contributed by atoms with Crippen LogP contribution in [0, 0.1) is 5.92 Å². The second-order valence-electron chi connectivity index (χ2n) is 3.82. The van der Waals surface area contributed by atoms with Crippen LogP contribution in [0.1, 0.15) is 24.6 Å². The third kappa shape index (κ3) is 1.81. The lowest BCUT2D eigenvalue weighted by molar-refractivity contribution is 0.00454. The highest BCUT2D eigenvalue weighted by Gasteiger charge is 2.25. The van der Waals surface area contributed by atoms with Gasteiger partial charge in [0.05, 0.1) is 24.3 Å². The van der Waals surface area contributed by atoms with Crippen LogP contribution in [0.15, 0.2) is 12.5 Å². The second kappa shape index (κ2) is 4.11. The van der Waals surface area contributed by atoms with Crippen molar-refractivity contribution in [2.24, 2.45) is 13.0 Å². The molecule has 4 nitrogen and oxygen atoms in total. The van der Waals surface area contributed by atoms with Crippen LogP contribution in [-0.4, -0.2) is 27.9 Å². The average molecular weight is 196 g/mol. The third-order valence-corrected chi connectivity index (χ3v) is 2.87. The predicted molar refractivity (Wildman–Crippen MR) is 51.7 cm³/mol. The standard InChI is InChI=1S/C10H16N2O2/c1-12-7-11-6-9(12)10(13)8-2-4-14-5-3-8/h6-8,10,13H,2-5H2,1H3. The first kappa shape index (κ1) is 9.68. The lowest BCUT2D eigenvalue weighted by atomic mass is 9.92. The Balaban J connectivity index is 2.07. The highest BCUT2D eigenvalue weighted by Crippen LogP contribution is 2.29. The van der Waals surface area contributed by atoms with Gasteiger partial charge < -0.3 is 14.4 Å². The predicted octanol–water partition coefficient (Wildman–Crippen LogP) is 0.880. The van der Waals surface area contributed by atoms with E-state index < -0.39 is 6.10 Å². The van der Waals surface area contributed by atoms with Crippen LogP contribution in [0.25, 0.3) is 0 Å². The Kier molecular flexibility index (Phi) is 2.84. The van der Waals surface area contributed by atoms with E-state index in [9.17, 15) is 5.11 Å². The van der Waals surface area contributed by atoms with Gasteiger partial charge >= 0.3 is 0 Å². The van der Waals surface area contributed by atoms with Gasteiger partial charge in [-0.3, -0.25) is 0 Å². The molecular formula is C10H16N2O2. The Morgan fingerprint density at radius 3 is 2.86 bits per heavy atom. The molecule has 0 amide bonds. The van der Waals surface area contributed by atoms with Crippen LogP contribution in [0.2, 0.25) is 0 Å². The van der Waals surface area contributed by atoms with Gasteiger partial charge in [0.2, 0.25) is 0 Å². The van der Waals surface area contributed by atoms with Gasteiger partial charge in [0, 0.05) is 20.3 Å². The maximum absolute atomic E-state index is 10.1. The Morgan fingerprint density at radius 2 is 2.29 bits per heavy atom. The molecular weight excluding hydrogens is 180 g/mol. The number of hydrogen-bond donors (Lipinski definition) is 1. The molecule has 1 atom stereocenters. The Labute approximate surface area is 83.5 Å². The zero-order chi connectivity index (χ0) is 9.97. The Hall–Kier alpha value is -0.870. The molecule has 2 rings (SSSR count). The van der Waals surface area contributed by atoms with E-state index in [2.05, 4.69) is 4.98 Å². The summed E-state index contributed by atoms with van der Waals surface area (Å²) in [4.78, 5) is 4.01. The highest BCUT2D eigenvalue weighted by atomic mass is 16.5. The van der Waals surface area contributed by atoms with Gasteiger partial charge in [-0.1, -0.05) is 0 Å². The number of aryl methyl sites for hydroxylation is 1. The zero-order valence-electron chi connectivity index (χ0n) is 8.39. The fourth-order valence-electron chi connectivity index (χ4n) is 1.93. The molecule has 14 heavy (non-hydrogen) atoms. The van der Waals surface area contributed by atoms with Crippen LogP contribution >= 0.6 is 0 Å². The normalized spacial score (nSPS) is 21.0. The van der Waals surface area contributed by atoms with Gasteiger partial charge in [0.15, 0.2) is 0 Å². The molecule has 1 aliphatic heterocycles. The van der Waals surface area contributed by atoms with Crippen molar-refractivity contribution in [1.82, 2.24) is 9.55 Å². The summed E-state index contributed by atoms with van der Waals surface area (Å²) in [5.41, 5.74) is 0.900. The molecule has 0 radical (unpaired) electrons. The van der Waals surface area contributed by atoms with Crippen molar-refractivity contribution in [1.29, 1.82) is 0 Å². The fourth-order valence-corrected chi connectivity index (χ4v) is 1.93. The molecule has 1 unspecified atom stereocenters. The highest BCUT2D eigenvalue weighted by molar-refractivity contribution is 5.03. The van der Waals surface area contributed by atoms with Gasteiger partial charge in [-0.15, -0.1) is 0 Å². The van der Waals surface area contributed by atoms with Crippen molar-refractivity contribution in [2.75, 3.05) is 13.2 Å². The molecule has 0 saturated carbocycles. The molecule has 2 heterocycles. The van der Waals surface area contributed by atoms with E-state index in [-0.39, 0.29) is 0 Å². The van der Waals surface area contributed by atoms with Crippen molar-refractivity contribution in [3.8, 4) is 0 Å². The van der Waals surface area contributed by atoms with Crippen LogP contribution in [-0.2, 0) is 11.8 Å². The number of aromatic nitrogens is 2. The smallest absolute Gasteiger partial charge is 0.0985 e. The van der Waals surface area contributed by atoms with Crippen molar-refractivity contribution >= 4 is 0 Å². The summed E-state index contributed by atoms with van der Waals surface area (Å²) < 4.78 is 7.14. The summed E-state index contributed by atoms with van der Waals surface area (Å²) in [6.07, 6.45) is 4.93. The average Bonchev–Trinajstić information content (AvgIpc) is 2.65. The van der Waals surface area contributed by atoms with Crippen molar-refractivity contribution in [3.05, 3.63) is 18.2 Å². The molecule has 0 aromatic carbocycles. The summed E-state index contributed by atoms with van der Waals surface area (Å²) in [6, 6.07) is 0. The first-order valence-electron chi connectivity index (χ1n) is 5.01. The fraction of sp³-hybridized carbons (Fsp3) is 0.700. The molecule has 1 aromatic heterocycles. The summed E-state index contributed by atoms with van der Waals surface area (Å²) in [5.74, 6) is 0.319. The molecule has 1 fully saturated rings. The monoisotopic (exact) mass is 196 g/mol. The minimum atomic E-state index is -0.397. The molecule has 78 valence electrons. The van der Waals surface area contributed by atoms with E-state index >= 15 is 0 Å². The van der Waals surface area contributed by atoms with Crippen molar-refractivity contribution in [3.63, 3.8) is 0 Å². The van der Waals surface area contributed by atoms with Crippen molar-refractivity contribution in [2.45, 2.75) is 18.9 Å². The molecule has 1 aliphatic rings. The number of hydrogen-bond acceptors (Lipinski definition) is 3. The van der Waals surface area contributed by atoms with Gasteiger partial charge in [-0.05, 0) is 18.8 Å². The molecule has 1 N–H and O–H groups in total. The third-order valence-electron chi connectivity index (χ3n) is 2.87. The van der Waals surface area contributed by atoms with Gasteiger partial charge in [0.1, 0.15) is 0 Å². The minimum Gasteiger partial charge on any atom is -0.387 e. The van der Waals surface area contributed by atoms with Gasteiger partial charge in [-0.25, -0.2) is 4.98 Å². The number of ether oxygens (including phenoxy) is 1. The lowest BCUT2D eigenvalue weighted by Crippen LogP contribution is -2.23. The Morgan fingerprint density at radius 1 is 1.57 bits per heavy atom. The minimum absolute atomic E-state index is 0.319. The topological polar surface area (TPSA) is 47.3 Å². The van der Waals surface area contributed by atoms with E-state index in [1.807, 2.05) is 11.6 Å². The SMILES string of the molecule is Cn1cncc1C(O)C1CCOCC1. The molecule has 4 heteroatoms. The number of imidazole rings is 1. The van der Waals surface area contributed by atoms with Gasteiger partial charge in [-0.2, -0.15) is 0 Å². The van der Waals surface area contributed by atoms with Crippen LogP contribution in [0.4, 0.5) is 0 Å². The molecule has 0 aliphatic carbocycles. The molecule has 0 bridgehead atoms. The number of nitrogens with zero attached hydrogens (tertiary/aromatic N) is 2. The quantitative estimate of drug-likeness (QED) is 0.763. The summed E-state index contributed by atoms with van der Waals surface area (Å²) in [7, 11) is 1.91. The number of aliphatic hydroxyl groups is 1. The van der Waals surface area contributed by atoms with E-state index in [0.717, 1.165) is 31.7 Å². The summed E-state index contributed by atoms with van der Waals surface area (Å²) >= 11 is 0. The van der Waals surface area contributed by atoms with Crippen molar-refractivity contribution < 1.29 is 9.84 Å². The van der Waals surface area contributed by atoms with Crippen LogP contribution < -0.4 is 0 Å². The van der Waals surface area contributed by atoms with E-state index in [0.29, 0.717) is 5.92 Å². The lowest BCUT2D eigenvalue weighted by Gasteiger charge is -2.26. The molecule has 1 aromatic rings. The van der Waals surface area contributed by atoms with E-state index in [1.54, 1.807) is 12.5 Å². The zero-order valence-corrected chi connectivity index (χ0v) is 8.39. The maximum atomic E-state index is 10.1. The first-order valence-corrected chi connectivity index (χ1v) is 5.01.